The van der Waals surface area contributed by atoms with Crippen molar-refractivity contribution in [2.75, 3.05) is 0 Å². The molecule has 0 N–H and O–H groups in total. The van der Waals surface area contributed by atoms with E-state index in [1.807, 2.05) is 0 Å². The highest BCUT2D eigenvalue weighted by Gasteiger charge is 2.49. The van der Waals surface area contributed by atoms with Crippen LogP contribution in [0.15, 0.2) is 24.3 Å². The van der Waals surface area contributed by atoms with Gasteiger partial charge in [-0.3, -0.25) is 0 Å². The third-order valence-electron chi connectivity index (χ3n) is 6.23. The van der Waals surface area contributed by atoms with Crippen molar-refractivity contribution in [3.05, 3.63) is 35.4 Å². The maximum Gasteiger partial charge on any atom is 0.0219 e. The van der Waals surface area contributed by atoms with Gasteiger partial charge in [0.1, 0.15) is 0 Å². The molecule has 1 atom stereocenters. The summed E-state index contributed by atoms with van der Waals surface area (Å²) in [5.74, 6) is 5.18. The van der Waals surface area contributed by atoms with Crippen molar-refractivity contribution in [2.45, 2.75) is 50.3 Å². The Bertz CT molecular complexity index is 464. The van der Waals surface area contributed by atoms with E-state index < -0.39 is 0 Å². The summed E-state index contributed by atoms with van der Waals surface area (Å²) in [5.41, 5.74) is 2.91. The molecule has 0 radical (unpaired) electrons. The van der Waals surface area contributed by atoms with E-state index in [2.05, 4.69) is 47.1 Å². The molecule has 5 rings (SSSR count). The SMILES string of the molecule is Cc1cccc(CC(Br)C2C3CC4CC(C3)CC2C4)c1. The van der Waals surface area contributed by atoms with Crippen LogP contribution in [-0.4, -0.2) is 4.83 Å². The molecule has 0 spiro atoms. The average Bonchev–Trinajstić information content (AvgIpc) is 2.37. The van der Waals surface area contributed by atoms with Crippen molar-refractivity contribution in [3.63, 3.8) is 0 Å². The molecular formula is C19H25Br. The first kappa shape index (κ1) is 13.4. The van der Waals surface area contributed by atoms with Gasteiger partial charge >= 0.3 is 0 Å². The van der Waals surface area contributed by atoms with Gasteiger partial charge in [-0.05, 0) is 80.6 Å². The van der Waals surface area contributed by atoms with Crippen LogP contribution in [0, 0.1) is 36.5 Å². The quantitative estimate of drug-likeness (QED) is 0.652. The molecule has 0 aliphatic heterocycles. The standard InChI is InChI=1S/C19H25Br/c1-12-3-2-4-13(5-12)11-18(20)19-16-7-14-6-15(9-16)10-17(19)8-14/h2-5,14-19H,6-11H2,1H3. The van der Waals surface area contributed by atoms with Crippen LogP contribution in [0.2, 0.25) is 0 Å². The molecule has 4 aliphatic rings. The number of hydrogen-bond donors (Lipinski definition) is 0. The molecule has 0 heterocycles. The minimum atomic E-state index is 0.694. The second-order valence-corrected chi connectivity index (χ2v) is 8.89. The Morgan fingerprint density at radius 3 is 2.30 bits per heavy atom. The molecule has 1 aromatic rings. The molecule has 4 aliphatic carbocycles. The van der Waals surface area contributed by atoms with E-state index in [0.29, 0.717) is 4.83 Å². The fourth-order valence-corrected chi connectivity index (χ4v) is 7.00. The summed E-state index contributed by atoms with van der Waals surface area (Å²) in [4.78, 5) is 0.694. The van der Waals surface area contributed by atoms with Crippen molar-refractivity contribution in [1.29, 1.82) is 0 Å². The van der Waals surface area contributed by atoms with E-state index in [-0.39, 0.29) is 0 Å². The normalized spacial score (nSPS) is 40.0. The molecule has 0 saturated heterocycles. The summed E-state index contributed by atoms with van der Waals surface area (Å²) in [6.45, 7) is 2.20. The Hall–Kier alpha value is -0.300. The predicted molar refractivity (Wildman–Crippen MR) is 88.1 cm³/mol. The number of rotatable bonds is 3. The third-order valence-corrected chi connectivity index (χ3v) is 7.16. The topological polar surface area (TPSA) is 0 Å². The van der Waals surface area contributed by atoms with Crippen LogP contribution in [0.5, 0.6) is 0 Å². The van der Waals surface area contributed by atoms with Crippen LogP contribution in [0.4, 0.5) is 0 Å². The van der Waals surface area contributed by atoms with Crippen LogP contribution >= 0.6 is 15.9 Å². The van der Waals surface area contributed by atoms with Gasteiger partial charge in [0.2, 0.25) is 0 Å². The first-order chi connectivity index (χ1) is 9.69. The zero-order chi connectivity index (χ0) is 13.7. The first-order valence-corrected chi connectivity index (χ1v) is 9.30. The second-order valence-electron chi connectivity index (χ2n) is 7.72. The Balaban J connectivity index is 1.50. The summed E-state index contributed by atoms with van der Waals surface area (Å²) in [5, 5.41) is 0. The molecule has 1 heteroatoms. The lowest BCUT2D eigenvalue weighted by molar-refractivity contribution is -0.0360. The van der Waals surface area contributed by atoms with E-state index in [1.165, 1.54) is 43.2 Å². The highest BCUT2D eigenvalue weighted by Crippen LogP contribution is 2.58. The van der Waals surface area contributed by atoms with Gasteiger partial charge in [-0.1, -0.05) is 45.8 Å². The smallest absolute Gasteiger partial charge is 0.0219 e. The Labute approximate surface area is 131 Å². The van der Waals surface area contributed by atoms with Gasteiger partial charge in [0, 0.05) is 4.83 Å². The van der Waals surface area contributed by atoms with Gasteiger partial charge in [-0.25, -0.2) is 0 Å². The molecular weight excluding hydrogens is 308 g/mol. The summed E-state index contributed by atoms with van der Waals surface area (Å²) in [6, 6.07) is 9.08. The number of hydrogen-bond acceptors (Lipinski definition) is 0. The molecule has 4 bridgehead atoms. The van der Waals surface area contributed by atoms with Crippen molar-refractivity contribution in [3.8, 4) is 0 Å². The van der Waals surface area contributed by atoms with E-state index >= 15 is 0 Å². The van der Waals surface area contributed by atoms with Crippen molar-refractivity contribution >= 4 is 15.9 Å². The predicted octanol–water partition coefficient (Wildman–Crippen LogP) is 5.37. The zero-order valence-corrected chi connectivity index (χ0v) is 14.0. The zero-order valence-electron chi connectivity index (χ0n) is 12.4. The minimum absolute atomic E-state index is 0.694. The van der Waals surface area contributed by atoms with Gasteiger partial charge < -0.3 is 0 Å². The fraction of sp³-hybridized carbons (Fsp3) is 0.684. The summed E-state index contributed by atoms with van der Waals surface area (Å²) >= 11 is 4.09. The van der Waals surface area contributed by atoms with Gasteiger partial charge in [-0.15, -0.1) is 0 Å². The highest BCUT2D eigenvalue weighted by atomic mass is 79.9. The van der Waals surface area contributed by atoms with Gasteiger partial charge in [0.25, 0.3) is 0 Å². The lowest BCUT2D eigenvalue weighted by Crippen LogP contribution is -2.48. The Morgan fingerprint density at radius 2 is 1.70 bits per heavy atom. The lowest BCUT2D eigenvalue weighted by atomic mass is 9.51. The maximum atomic E-state index is 4.09. The molecule has 1 aromatic carbocycles. The fourth-order valence-electron chi connectivity index (χ4n) is 5.76. The molecule has 0 amide bonds. The molecule has 1 unspecified atom stereocenters. The summed E-state index contributed by atoms with van der Waals surface area (Å²) in [7, 11) is 0. The Kier molecular flexibility index (Phi) is 3.45. The second kappa shape index (κ2) is 5.16. The molecule has 4 saturated carbocycles. The molecule has 0 nitrogen and oxygen atoms in total. The maximum absolute atomic E-state index is 4.09. The third kappa shape index (κ3) is 2.36. The monoisotopic (exact) mass is 332 g/mol. The molecule has 4 fully saturated rings. The summed E-state index contributed by atoms with van der Waals surface area (Å²) in [6.07, 6.45) is 8.92. The van der Waals surface area contributed by atoms with E-state index in [1.54, 1.807) is 6.42 Å². The number of alkyl halides is 1. The largest absolute Gasteiger partial charge is 0.0884 e. The summed E-state index contributed by atoms with van der Waals surface area (Å²) < 4.78 is 0. The van der Waals surface area contributed by atoms with Crippen LogP contribution in [0.3, 0.4) is 0 Å². The van der Waals surface area contributed by atoms with Gasteiger partial charge in [0.15, 0.2) is 0 Å². The van der Waals surface area contributed by atoms with Crippen molar-refractivity contribution in [2.24, 2.45) is 29.6 Å². The van der Waals surface area contributed by atoms with E-state index in [4.69, 9.17) is 0 Å². The van der Waals surface area contributed by atoms with E-state index in [0.717, 1.165) is 29.6 Å². The van der Waals surface area contributed by atoms with Gasteiger partial charge in [0.05, 0.1) is 0 Å². The van der Waals surface area contributed by atoms with Crippen LogP contribution in [0.1, 0.15) is 43.2 Å². The number of halogens is 1. The van der Waals surface area contributed by atoms with Crippen molar-refractivity contribution in [1.82, 2.24) is 0 Å². The highest BCUT2D eigenvalue weighted by molar-refractivity contribution is 9.09. The molecule has 20 heavy (non-hydrogen) atoms. The number of aryl methyl sites for hydroxylation is 1. The van der Waals surface area contributed by atoms with Crippen LogP contribution in [-0.2, 0) is 6.42 Å². The molecule has 108 valence electrons. The average molecular weight is 333 g/mol. The number of benzene rings is 1. The van der Waals surface area contributed by atoms with Crippen LogP contribution < -0.4 is 0 Å². The molecule has 0 aromatic heterocycles. The minimum Gasteiger partial charge on any atom is -0.0884 e. The van der Waals surface area contributed by atoms with Gasteiger partial charge in [-0.2, -0.15) is 0 Å². The van der Waals surface area contributed by atoms with Crippen molar-refractivity contribution < 1.29 is 0 Å². The first-order valence-electron chi connectivity index (χ1n) is 8.38. The van der Waals surface area contributed by atoms with Crippen LogP contribution in [0.25, 0.3) is 0 Å². The lowest BCUT2D eigenvalue weighted by Gasteiger charge is -2.55. The Morgan fingerprint density at radius 1 is 1.05 bits per heavy atom. The van der Waals surface area contributed by atoms with E-state index in [9.17, 15) is 0 Å².